The highest BCUT2D eigenvalue weighted by Crippen LogP contribution is 2.12. The Labute approximate surface area is 123 Å². The minimum absolute atomic E-state index is 0.256. The molecule has 0 saturated heterocycles. The fraction of sp³-hybridized carbons (Fsp3) is 0.429. The first-order valence-corrected chi connectivity index (χ1v) is 6.81. The Kier molecular flexibility index (Phi) is 4.99. The lowest BCUT2D eigenvalue weighted by Gasteiger charge is -2.14. The number of rotatable bonds is 6. The van der Waals surface area contributed by atoms with E-state index in [1.54, 1.807) is 30.0 Å². The van der Waals surface area contributed by atoms with Gasteiger partial charge in [-0.15, -0.1) is 10.2 Å². The summed E-state index contributed by atoms with van der Waals surface area (Å²) in [5.74, 6) is 0.459. The molecule has 2 rings (SSSR count). The van der Waals surface area contributed by atoms with Crippen molar-refractivity contribution in [2.75, 3.05) is 11.9 Å². The average molecular weight is 289 g/mol. The molecule has 0 radical (unpaired) electrons. The predicted molar refractivity (Wildman–Crippen MR) is 78.0 cm³/mol. The molecular weight excluding hydrogens is 270 g/mol. The number of amides is 1. The van der Waals surface area contributed by atoms with Crippen molar-refractivity contribution in [1.82, 2.24) is 19.7 Å². The van der Waals surface area contributed by atoms with Gasteiger partial charge >= 0.3 is 0 Å². The summed E-state index contributed by atoms with van der Waals surface area (Å²) in [6, 6.07) is 3.65. The fourth-order valence-electron chi connectivity index (χ4n) is 1.63. The molecule has 1 amide bonds. The van der Waals surface area contributed by atoms with E-state index in [0.717, 1.165) is 5.69 Å². The topological polar surface area (TPSA) is 81.9 Å². The van der Waals surface area contributed by atoms with Crippen LogP contribution in [0.3, 0.4) is 0 Å². The maximum atomic E-state index is 12.1. The molecule has 0 spiro atoms. The van der Waals surface area contributed by atoms with Gasteiger partial charge in [0.2, 0.25) is 5.95 Å². The molecule has 0 aliphatic heterocycles. The summed E-state index contributed by atoms with van der Waals surface area (Å²) in [5.41, 5.74) is 0.772. The highest BCUT2D eigenvalue weighted by atomic mass is 16.5. The minimum Gasteiger partial charge on any atom is -0.368 e. The first-order valence-electron chi connectivity index (χ1n) is 6.81. The molecule has 2 aromatic rings. The third-order valence-corrected chi connectivity index (χ3v) is 2.76. The first kappa shape index (κ1) is 15.1. The van der Waals surface area contributed by atoms with Gasteiger partial charge in [0.15, 0.2) is 0 Å². The molecule has 1 N–H and O–H groups in total. The number of hydrogen-bond donors (Lipinski definition) is 1. The number of carbonyl (C=O) groups excluding carboxylic acids is 1. The van der Waals surface area contributed by atoms with Crippen molar-refractivity contribution in [3.8, 4) is 5.69 Å². The Bertz CT molecular complexity index is 582. The molecular formula is C14H19N5O2. The molecule has 21 heavy (non-hydrogen) atoms. The summed E-state index contributed by atoms with van der Waals surface area (Å²) in [7, 11) is 0. The zero-order chi connectivity index (χ0) is 15.2. The van der Waals surface area contributed by atoms with Crippen LogP contribution in [0.15, 0.2) is 30.9 Å². The van der Waals surface area contributed by atoms with Crippen molar-refractivity contribution in [3.63, 3.8) is 0 Å². The third-order valence-electron chi connectivity index (χ3n) is 2.76. The van der Waals surface area contributed by atoms with E-state index in [-0.39, 0.29) is 5.91 Å². The van der Waals surface area contributed by atoms with Crippen molar-refractivity contribution < 1.29 is 9.53 Å². The van der Waals surface area contributed by atoms with E-state index >= 15 is 0 Å². The highest BCUT2D eigenvalue weighted by Gasteiger charge is 2.17. The van der Waals surface area contributed by atoms with Crippen molar-refractivity contribution in [1.29, 1.82) is 0 Å². The lowest BCUT2D eigenvalue weighted by Crippen LogP contribution is -2.30. The highest BCUT2D eigenvalue weighted by molar-refractivity contribution is 5.92. The van der Waals surface area contributed by atoms with E-state index in [4.69, 9.17) is 4.74 Å². The second-order valence-electron chi connectivity index (χ2n) is 5.09. The molecule has 0 aliphatic rings. The van der Waals surface area contributed by atoms with Gasteiger partial charge in [-0.1, -0.05) is 13.8 Å². The second-order valence-corrected chi connectivity index (χ2v) is 5.09. The maximum Gasteiger partial charge on any atom is 0.255 e. The molecule has 2 heterocycles. The molecule has 1 unspecified atom stereocenters. The average Bonchev–Trinajstić information content (AvgIpc) is 2.93. The van der Waals surface area contributed by atoms with Gasteiger partial charge in [-0.25, -0.2) is 0 Å². The Morgan fingerprint density at radius 1 is 1.43 bits per heavy atom. The number of carbonyl (C=O) groups is 1. The number of aromatic nitrogens is 4. The number of ether oxygens (including phenoxy) is 1. The van der Waals surface area contributed by atoms with Gasteiger partial charge in [0, 0.05) is 12.8 Å². The summed E-state index contributed by atoms with van der Waals surface area (Å²) in [5, 5.41) is 10.4. The van der Waals surface area contributed by atoms with E-state index in [0.29, 0.717) is 18.5 Å². The monoisotopic (exact) mass is 289 g/mol. The Hall–Kier alpha value is -2.28. The van der Waals surface area contributed by atoms with E-state index < -0.39 is 6.10 Å². The van der Waals surface area contributed by atoms with Crippen molar-refractivity contribution >= 4 is 11.9 Å². The van der Waals surface area contributed by atoms with Gasteiger partial charge < -0.3 is 4.74 Å². The third kappa shape index (κ3) is 4.09. The molecule has 0 aliphatic carbocycles. The molecule has 2 aromatic heterocycles. The van der Waals surface area contributed by atoms with E-state index in [2.05, 4.69) is 20.5 Å². The number of pyridine rings is 1. The van der Waals surface area contributed by atoms with E-state index in [1.807, 2.05) is 19.9 Å². The van der Waals surface area contributed by atoms with Gasteiger partial charge in [0.1, 0.15) is 12.4 Å². The van der Waals surface area contributed by atoms with Crippen LogP contribution in [0.25, 0.3) is 5.69 Å². The standard InChI is InChI=1S/C14H19N5O2/c1-10(2)8-21-11(3)13(20)17-14-18-16-9-19(14)12-5-4-6-15-7-12/h4-7,9-11H,8H2,1-3H3,(H,17,18,20). The minimum atomic E-state index is -0.550. The fourth-order valence-corrected chi connectivity index (χ4v) is 1.63. The SMILES string of the molecule is CC(C)COC(C)C(=O)Nc1nncn1-c1cccnc1. The second kappa shape index (κ2) is 6.94. The first-order chi connectivity index (χ1) is 10.1. The number of nitrogens with one attached hydrogen (secondary N) is 1. The van der Waals surface area contributed by atoms with Crippen LogP contribution in [0.2, 0.25) is 0 Å². The lowest BCUT2D eigenvalue weighted by molar-refractivity contribution is -0.127. The van der Waals surface area contributed by atoms with Crippen LogP contribution < -0.4 is 5.32 Å². The molecule has 0 saturated carbocycles. The number of anilines is 1. The van der Waals surface area contributed by atoms with Gasteiger partial charge in [-0.2, -0.15) is 0 Å². The lowest BCUT2D eigenvalue weighted by atomic mass is 10.2. The predicted octanol–water partition coefficient (Wildman–Crippen LogP) is 1.66. The number of nitrogens with zero attached hydrogens (tertiary/aromatic N) is 4. The zero-order valence-electron chi connectivity index (χ0n) is 12.4. The van der Waals surface area contributed by atoms with E-state index in [9.17, 15) is 4.79 Å². The van der Waals surface area contributed by atoms with Gasteiger partial charge in [-0.05, 0) is 25.0 Å². The number of hydrogen-bond acceptors (Lipinski definition) is 5. The van der Waals surface area contributed by atoms with Crippen LogP contribution >= 0.6 is 0 Å². The summed E-state index contributed by atoms with van der Waals surface area (Å²) >= 11 is 0. The Morgan fingerprint density at radius 2 is 2.24 bits per heavy atom. The Morgan fingerprint density at radius 3 is 2.90 bits per heavy atom. The van der Waals surface area contributed by atoms with Crippen LogP contribution in [0, 0.1) is 5.92 Å². The summed E-state index contributed by atoms with van der Waals surface area (Å²) in [6.45, 7) is 6.31. The van der Waals surface area contributed by atoms with Gasteiger partial charge in [0.25, 0.3) is 5.91 Å². The normalized spacial score (nSPS) is 12.4. The van der Waals surface area contributed by atoms with Gasteiger partial charge in [-0.3, -0.25) is 19.7 Å². The van der Waals surface area contributed by atoms with Crippen LogP contribution in [0.1, 0.15) is 20.8 Å². The van der Waals surface area contributed by atoms with Crippen LogP contribution in [-0.4, -0.2) is 38.4 Å². The van der Waals surface area contributed by atoms with Crippen LogP contribution in [0.4, 0.5) is 5.95 Å². The Balaban J connectivity index is 2.04. The van der Waals surface area contributed by atoms with Crippen LogP contribution in [0.5, 0.6) is 0 Å². The quantitative estimate of drug-likeness (QED) is 0.874. The smallest absolute Gasteiger partial charge is 0.255 e. The summed E-state index contributed by atoms with van der Waals surface area (Å²) < 4.78 is 7.13. The molecule has 0 aromatic carbocycles. The van der Waals surface area contributed by atoms with Crippen LogP contribution in [-0.2, 0) is 9.53 Å². The molecule has 7 nitrogen and oxygen atoms in total. The van der Waals surface area contributed by atoms with Crippen molar-refractivity contribution in [3.05, 3.63) is 30.9 Å². The largest absolute Gasteiger partial charge is 0.368 e. The molecule has 1 atom stereocenters. The van der Waals surface area contributed by atoms with E-state index in [1.165, 1.54) is 6.33 Å². The summed E-state index contributed by atoms with van der Waals surface area (Å²) in [4.78, 5) is 16.1. The molecule has 0 bridgehead atoms. The molecule has 112 valence electrons. The molecule has 7 heteroatoms. The van der Waals surface area contributed by atoms with Crippen molar-refractivity contribution in [2.45, 2.75) is 26.9 Å². The molecule has 0 fully saturated rings. The summed E-state index contributed by atoms with van der Waals surface area (Å²) in [6.07, 6.45) is 4.31. The maximum absolute atomic E-state index is 12.1. The van der Waals surface area contributed by atoms with Crippen molar-refractivity contribution in [2.24, 2.45) is 5.92 Å². The van der Waals surface area contributed by atoms with Gasteiger partial charge in [0.05, 0.1) is 11.9 Å². The zero-order valence-corrected chi connectivity index (χ0v) is 12.4.